The molecule has 0 amide bonds. The van der Waals surface area contributed by atoms with Crippen LogP contribution >= 0.6 is 0 Å². The molecule has 1 aromatic rings. The van der Waals surface area contributed by atoms with Crippen molar-refractivity contribution in [3.05, 3.63) is 6.07 Å². The lowest BCUT2D eigenvalue weighted by Crippen LogP contribution is -2.36. The normalized spacial score (nSPS) is 16.7. The van der Waals surface area contributed by atoms with Crippen LogP contribution in [0.2, 0.25) is 0 Å². The molecule has 6 nitrogen and oxygen atoms in total. The van der Waals surface area contributed by atoms with Gasteiger partial charge in [0.25, 0.3) is 0 Å². The van der Waals surface area contributed by atoms with Crippen molar-refractivity contribution in [2.75, 3.05) is 31.8 Å². The summed E-state index contributed by atoms with van der Waals surface area (Å²) >= 11 is 0. The van der Waals surface area contributed by atoms with Crippen molar-refractivity contribution in [3.63, 3.8) is 0 Å². The lowest BCUT2D eigenvalue weighted by atomic mass is 10.3. The van der Waals surface area contributed by atoms with Crippen LogP contribution in [-0.2, 0) is 0 Å². The molecule has 1 aliphatic rings. The number of likely N-dealkylation sites (N-methyl/N-ethyl adjacent to an activating group) is 1. The zero-order chi connectivity index (χ0) is 13.1. The number of ether oxygens (including phenoxy) is 1. The Kier molecular flexibility index (Phi) is 3.86. The van der Waals surface area contributed by atoms with Gasteiger partial charge >= 0.3 is 0 Å². The largest absolute Gasteiger partial charge is 0.481 e. The molecule has 0 bridgehead atoms. The second-order valence-electron chi connectivity index (χ2n) is 4.78. The van der Waals surface area contributed by atoms with Gasteiger partial charge in [0.05, 0.1) is 7.11 Å². The first-order chi connectivity index (χ1) is 8.60. The van der Waals surface area contributed by atoms with Gasteiger partial charge in [-0.05, 0) is 26.8 Å². The second-order valence-corrected chi connectivity index (χ2v) is 4.78. The topological polar surface area (TPSA) is 76.3 Å². The molecule has 1 unspecified atom stereocenters. The molecule has 1 saturated carbocycles. The number of aromatic nitrogens is 2. The van der Waals surface area contributed by atoms with Crippen molar-refractivity contribution in [2.45, 2.75) is 31.8 Å². The molecule has 0 saturated heterocycles. The fourth-order valence-electron chi connectivity index (χ4n) is 1.88. The quantitative estimate of drug-likeness (QED) is 0.784. The molecule has 1 aliphatic carbocycles. The van der Waals surface area contributed by atoms with Crippen molar-refractivity contribution in [1.82, 2.24) is 14.9 Å². The van der Waals surface area contributed by atoms with Crippen LogP contribution in [0.5, 0.6) is 5.88 Å². The molecule has 18 heavy (non-hydrogen) atoms. The number of anilines is 2. The molecule has 100 valence electrons. The minimum atomic E-state index is 0.222. The summed E-state index contributed by atoms with van der Waals surface area (Å²) in [4.78, 5) is 10.5. The van der Waals surface area contributed by atoms with Crippen LogP contribution in [0, 0.1) is 0 Å². The van der Waals surface area contributed by atoms with E-state index in [4.69, 9.17) is 10.5 Å². The Hall–Kier alpha value is -1.56. The zero-order valence-electron chi connectivity index (χ0n) is 11.2. The molecule has 0 aliphatic heterocycles. The van der Waals surface area contributed by atoms with Crippen LogP contribution in [0.1, 0.15) is 19.8 Å². The molecule has 6 heteroatoms. The highest BCUT2D eigenvalue weighted by Crippen LogP contribution is 2.27. The second kappa shape index (κ2) is 5.39. The van der Waals surface area contributed by atoms with E-state index in [2.05, 4.69) is 34.2 Å². The average molecular weight is 251 g/mol. The predicted molar refractivity (Wildman–Crippen MR) is 71.7 cm³/mol. The van der Waals surface area contributed by atoms with E-state index < -0.39 is 0 Å². The summed E-state index contributed by atoms with van der Waals surface area (Å²) in [5.41, 5.74) is 5.61. The average Bonchev–Trinajstić information content (AvgIpc) is 3.18. The number of rotatable bonds is 6. The highest BCUT2D eigenvalue weighted by molar-refractivity contribution is 5.42. The van der Waals surface area contributed by atoms with Crippen LogP contribution in [0.4, 0.5) is 11.8 Å². The van der Waals surface area contributed by atoms with Crippen molar-refractivity contribution in [2.24, 2.45) is 0 Å². The molecule has 3 N–H and O–H groups in total. The molecule has 1 atom stereocenters. The number of nitrogens with one attached hydrogen (secondary N) is 1. The molecule has 2 rings (SSSR count). The number of nitrogens with zero attached hydrogens (tertiary/aromatic N) is 3. The van der Waals surface area contributed by atoms with Gasteiger partial charge in [-0.25, -0.2) is 0 Å². The summed E-state index contributed by atoms with van der Waals surface area (Å²) in [7, 11) is 3.73. The molecule has 0 aromatic carbocycles. The summed E-state index contributed by atoms with van der Waals surface area (Å²) in [6.07, 6.45) is 2.63. The predicted octanol–water partition coefficient (Wildman–Crippen LogP) is 0.962. The van der Waals surface area contributed by atoms with Gasteiger partial charge in [0.2, 0.25) is 11.8 Å². The Morgan fingerprint density at radius 3 is 2.89 bits per heavy atom. The smallest absolute Gasteiger partial charge is 0.225 e. The third-order valence-electron chi connectivity index (χ3n) is 3.33. The minimum absolute atomic E-state index is 0.222. The lowest BCUT2D eigenvalue weighted by molar-refractivity contribution is 0.257. The Labute approximate surface area is 108 Å². The van der Waals surface area contributed by atoms with Gasteiger partial charge in [-0.15, -0.1) is 0 Å². The van der Waals surface area contributed by atoms with Crippen LogP contribution in [-0.4, -0.2) is 47.7 Å². The Morgan fingerprint density at radius 1 is 1.56 bits per heavy atom. The first-order valence-electron chi connectivity index (χ1n) is 6.24. The number of hydrogen-bond acceptors (Lipinski definition) is 6. The van der Waals surface area contributed by atoms with Gasteiger partial charge in [0, 0.05) is 24.7 Å². The monoisotopic (exact) mass is 251 g/mol. The highest BCUT2D eigenvalue weighted by Gasteiger charge is 2.28. The van der Waals surface area contributed by atoms with E-state index in [9.17, 15) is 0 Å². The summed E-state index contributed by atoms with van der Waals surface area (Å²) in [5, 5.41) is 3.27. The van der Waals surface area contributed by atoms with Crippen molar-refractivity contribution >= 4 is 11.8 Å². The molecule has 1 aromatic heterocycles. The fraction of sp³-hybridized carbons (Fsp3) is 0.667. The maximum Gasteiger partial charge on any atom is 0.225 e. The summed E-state index contributed by atoms with van der Waals surface area (Å²) in [5.74, 6) is 1.41. The number of nitrogens with two attached hydrogens (primary N) is 1. The maximum absolute atomic E-state index is 5.61. The summed E-state index contributed by atoms with van der Waals surface area (Å²) in [6, 6.07) is 2.96. The van der Waals surface area contributed by atoms with Crippen molar-refractivity contribution in [1.29, 1.82) is 0 Å². The molecule has 0 radical (unpaired) electrons. The Bertz CT molecular complexity index is 407. The van der Waals surface area contributed by atoms with Crippen LogP contribution in [0.3, 0.4) is 0 Å². The van der Waals surface area contributed by atoms with E-state index in [1.165, 1.54) is 12.8 Å². The van der Waals surface area contributed by atoms with Gasteiger partial charge < -0.3 is 15.8 Å². The summed E-state index contributed by atoms with van der Waals surface area (Å²) < 4.78 is 5.06. The number of nitrogen functional groups attached to an aromatic ring is 1. The van der Waals surface area contributed by atoms with Crippen LogP contribution in [0.15, 0.2) is 6.07 Å². The van der Waals surface area contributed by atoms with Crippen molar-refractivity contribution in [3.8, 4) is 5.88 Å². The van der Waals surface area contributed by atoms with E-state index in [-0.39, 0.29) is 5.95 Å². The van der Waals surface area contributed by atoms with E-state index >= 15 is 0 Å². The fourth-order valence-corrected chi connectivity index (χ4v) is 1.88. The third kappa shape index (κ3) is 3.22. The lowest BCUT2D eigenvalue weighted by Gasteiger charge is -2.24. The first-order valence-corrected chi connectivity index (χ1v) is 6.24. The zero-order valence-corrected chi connectivity index (χ0v) is 11.2. The van der Waals surface area contributed by atoms with Gasteiger partial charge in [-0.1, -0.05) is 0 Å². The minimum Gasteiger partial charge on any atom is -0.481 e. The standard InChI is InChI=1S/C12H21N5O/c1-8(17(2)9-4-5-9)7-14-10-6-11(18-3)16-12(13)15-10/h6,8-9H,4-5,7H2,1-3H3,(H3,13,14,15,16). The maximum atomic E-state index is 5.61. The molecule has 1 fully saturated rings. The SMILES string of the molecule is COc1cc(NCC(C)N(C)C2CC2)nc(N)n1. The molecular formula is C12H21N5O. The Morgan fingerprint density at radius 2 is 2.28 bits per heavy atom. The van der Waals surface area contributed by atoms with E-state index in [0.29, 0.717) is 17.7 Å². The molecule has 0 spiro atoms. The van der Waals surface area contributed by atoms with Crippen LogP contribution < -0.4 is 15.8 Å². The first kappa shape index (κ1) is 12.9. The van der Waals surface area contributed by atoms with Crippen molar-refractivity contribution < 1.29 is 4.74 Å². The number of hydrogen-bond donors (Lipinski definition) is 2. The van der Waals surface area contributed by atoms with Gasteiger partial charge in [-0.3, -0.25) is 4.90 Å². The highest BCUT2D eigenvalue weighted by atomic mass is 16.5. The number of methoxy groups -OCH3 is 1. The third-order valence-corrected chi connectivity index (χ3v) is 3.33. The Balaban J connectivity index is 1.90. The van der Waals surface area contributed by atoms with Gasteiger partial charge in [0.1, 0.15) is 5.82 Å². The van der Waals surface area contributed by atoms with Gasteiger partial charge in [0.15, 0.2) is 0 Å². The molecule has 1 heterocycles. The van der Waals surface area contributed by atoms with E-state index in [0.717, 1.165) is 12.6 Å². The van der Waals surface area contributed by atoms with Gasteiger partial charge in [-0.2, -0.15) is 9.97 Å². The summed E-state index contributed by atoms with van der Waals surface area (Å²) in [6.45, 7) is 3.03. The van der Waals surface area contributed by atoms with E-state index in [1.54, 1.807) is 13.2 Å². The molecular weight excluding hydrogens is 230 g/mol. The van der Waals surface area contributed by atoms with Crippen LogP contribution in [0.25, 0.3) is 0 Å². The van der Waals surface area contributed by atoms with E-state index in [1.807, 2.05) is 0 Å².